The predicted molar refractivity (Wildman–Crippen MR) is 72.6 cm³/mol. The van der Waals surface area contributed by atoms with E-state index in [1.165, 1.54) is 23.9 Å². The first-order chi connectivity index (χ1) is 9.22. The molecule has 5 nitrogen and oxygen atoms in total. The number of furan rings is 1. The van der Waals surface area contributed by atoms with E-state index >= 15 is 0 Å². The number of carbonyl (C=O) groups is 1. The van der Waals surface area contributed by atoms with E-state index < -0.39 is 5.97 Å². The van der Waals surface area contributed by atoms with Crippen LogP contribution in [-0.2, 0) is 5.75 Å². The Balaban J connectivity index is 1.82. The molecule has 0 amide bonds. The summed E-state index contributed by atoms with van der Waals surface area (Å²) in [6, 6.07) is 7.18. The van der Waals surface area contributed by atoms with Gasteiger partial charge in [0.2, 0.25) is 5.76 Å². The van der Waals surface area contributed by atoms with Crippen molar-refractivity contribution in [1.82, 2.24) is 9.36 Å². The van der Waals surface area contributed by atoms with Gasteiger partial charge in [-0.25, -0.2) is 9.78 Å². The molecule has 0 fully saturated rings. The lowest BCUT2D eigenvalue weighted by Crippen LogP contribution is -1.91. The number of carboxylic acid groups (broad SMARTS) is 1. The molecule has 1 N–H and O–H groups in total. The van der Waals surface area contributed by atoms with Crippen LogP contribution in [0.1, 0.15) is 16.1 Å². The number of hydrogen-bond donors (Lipinski definition) is 1. The SMILES string of the molecule is O=C(O)c1cc2cc(CSc3ncns3)ccc2o1. The van der Waals surface area contributed by atoms with Crippen molar-refractivity contribution < 1.29 is 14.3 Å². The van der Waals surface area contributed by atoms with Gasteiger partial charge >= 0.3 is 5.97 Å². The Labute approximate surface area is 116 Å². The number of hydrogen-bond acceptors (Lipinski definition) is 6. The number of benzene rings is 1. The van der Waals surface area contributed by atoms with E-state index in [-0.39, 0.29) is 5.76 Å². The van der Waals surface area contributed by atoms with Gasteiger partial charge in [0.15, 0.2) is 4.34 Å². The van der Waals surface area contributed by atoms with E-state index in [4.69, 9.17) is 9.52 Å². The summed E-state index contributed by atoms with van der Waals surface area (Å²) >= 11 is 2.96. The molecule has 1 aromatic carbocycles. The highest BCUT2D eigenvalue weighted by molar-refractivity contribution is 8.00. The molecule has 0 spiro atoms. The van der Waals surface area contributed by atoms with Crippen LogP contribution in [0.15, 0.2) is 39.3 Å². The number of aromatic carboxylic acids is 1. The third-order valence-corrected chi connectivity index (χ3v) is 4.36. The molecule has 0 radical (unpaired) electrons. The summed E-state index contributed by atoms with van der Waals surface area (Å²) in [5, 5.41) is 9.67. The smallest absolute Gasteiger partial charge is 0.371 e. The van der Waals surface area contributed by atoms with Gasteiger partial charge in [0.05, 0.1) is 0 Å². The minimum absolute atomic E-state index is 0.0380. The van der Waals surface area contributed by atoms with Gasteiger partial charge < -0.3 is 9.52 Å². The minimum Gasteiger partial charge on any atom is -0.475 e. The van der Waals surface area contributed by atoms with Crippen molar-refractivity contribution in [2.75, 3.05) is 0 Å². The Bertz CT molecular complexity index is 722. The summed E-state index contributed by atoms with van der Waals surface area (Å²) in [6.07, 6.45) is 1.53. The molecule has 2 aromatic heterocycles. The Hall–Kier alpha value is -1.86. The van der Waals surface area contributed by atoms with Crippen molar-refractivity contribution in [1.29, 1.82) is 0 Å². The fourth-order valence-electron chi connectivity index (χ4n) is 1.66. The Morgan fingerprint density at radius 2 is 2.32 bits per heavy atom. The van der Waals surface area contributed by atoms with Gasteiger partial charge in [0, 0.05) is 11.1 Å². The van der Waals surface area contributed by atoms with Gasteiger partial charge in [-0.2, -0.15) is 4.37 Å². The lowest BCUT2D eigenvalue weighted by molar-refractivity contribution is 0.0665. The van der Waals surface area contributed by atoms with Crippen LogP contribution >= 0.6 is 23.3 Å². The standard InChI is InChI=1S/C12H8N2O3S2/c15-11(16)10-4-8-3-7(1-2-9(8)17-10)5-18-12-13-6-14-19-12/h1-4,6H,5H2,(H,15,16). The first-order valence-electron chi connectivity index (χ1n) is 5.37. The third kappa shape index (κ3) is 2.61. The highest BCUT2D eigenvalue weighted by Crippen LogP contribution is 2.26. The zero-order chi connectivity index (χ0) is 13.2. The fraction of sp³-hybridized carbons (Fsp3) is 0.0833. The first-order valence-corrected chi connectivity index (χ1v) is 7.13. The predicted octanol–water partition coefficient (Wildman–Crippen LogP) is 3.27. The molecule has 0 bridgehead atoms. The van der Waals surface area contributed by atoms with Crippen LogP contribution in [0.4, 0.5) is 0 Å². The summed E-state index contributed by atoms with van der Waals surface area (Å²) in [5.41, 5.74) is 1.67. The number of aromatic nitrogens is 2. The van der Waals surface area contributed by atoms with Gasteiger partial charge in [0.1, 0.15) is 11.9 Å². The molecule has 0 aliphatic carbocycles. The number of carboxylic acids is 1. The van der Waals surface area contributed by atoms with Gasteiger partial charge in [-0.15, -0.1) is 0 Å². The summed E-state index contributed by atoms with van der Waals surface area (Å²) in [5.74, 6) is -0.330. The second-order valence-corrected chi connectivity index (χ2v) is 5.79. The van der Waals surface area contributed by atoms with Crippen molar-refractivity contribution >= 4 is 40.2 Å². The Morgan fingerprint density at radius 1 is 1.42 bits per heavy atom. The van der Waals surface area contributed by atoms with Crippen LogP contribution in [0.2, 0.25) is 0 Å². The second kappa shape index (κ2) is 5.02. The normalized spacial score (nSPS) is 10.9. The van der Waals surface area contributed by atoms with Gasteiger partial charge in [-0.05, 0) is 35.3 Å². The van der Waals surface area contributed by atoms with Crippen LogP contribution < -0.4 is 0 Å². The van der Waals surface area contributed by atoms with Crippen molar-refractivity contribution in [3.63, 3.8) is 0 Å². The molecule has 0 atom stereocenters. The molecular formula is C12H8N2O3S2. The summed E-state index contributed by atoms with van der Waals surface area (Å²) < 4.78 is 10.1. The third-order valence-electron chi connectivity index (χ3n) is 2.49. The van der Waals surface area contributed by atoms with Crippen LogP contribution in [0.5, 0.6) is 0 Å². The van der Waals surface area contributed by atoms with E-state index in [1.54, 1.807) is 17.8 Å². The maximum atomic E-state index is 10.8. The molecule has 19 heavy (non-hydrogen) atoms. The fourth-order valence-corrected chi connectivity index (χ4v) is 3.05. The average molecular weight is 292 g/mol. The highest BCUT2D eigenvalue weighted by Gasteiger charge is 2.10. The topological polar surface area (TPSA) is 76.2 Å². The number of nitrogens with zero attached hydrogens (tertiary/aromatic N) is 2. The van der Waals surface area contributed by atoms with E-state index in [9.17, 15) is 4.79 Å². The van der Waals surface area contributed by atoms with Crippen molar-refractivity contribution in [3.05, 3.63) is 41.9 Å². The molecule has 0 unspecified atom stereocenters. The first kappa shape index (κ1) is 12.2. The zero-order valence-electron chi connectivity index (χ0n) is 9.57. The maximum absolute atomic E-state index is 10.8. The quantitative estimate of drug-likeness (QED) is 0.744. The van der Waals surface area contributed by atoms with Crippen LogP contribution in [0.3, 0.4) is 0 Å². The lowest BCUT2D eigenvalue weighted by atomic mass is 10.2. The van der Waals surface area contributed by atoms with Gasteiger partial charge in [-0.1, -0.05) is 17.8 Å². The molecule has 0 saturated heterocycles. The van der Waals surface area contributed by atoms with E-state index in [0.717, 1.165) is 21.0 Å². The molecule has 2 heterocycles. The average Bonchev–Trinajstić information content (AvgIpc) is 3.04. The summed E-state index contributed by atoms with van der Waals surface area (Å²) in [7, 11) is 0. The number of thioether (sulfide) groups is 1. The van der Waals surface area contributed by atoms with Crippen molar-refractivity contribution in [2.45, 2.75) is 10.1 Å². The number of rotatable bonds is 4. The summed E-state index contributed by atoms with van der Waals surface area (Å²) in [4.78, 5) is 14.9. The largest absolute Gasteiger partial charge is 0.475 e. The Morgan fingerprint density at radius 3 is 3.05 bits per heavy atom. The molecule has 0 aliphatic heterocycles. The number of fused-ring (bicyclic) bond motifs is 1. The van der Waals surface area contributed by atoms with Crippen molar-refractivity contribution in [2.24, 2.45) is 0 Å². The van der Waals surface area contributed by atoms with Crippen molar-refractivity contribution in [3.8, 4) is 0 Å². The minimum atomic E-state index is -1.05. The van der Waals surface area contributed by atoms with Gasteiger partial charge in [0.25, 0.3) is 0 Å². The van der Waals surface area contributed by atoms with Gasteiger partial charge in [-0.3, -0.25) is 0 Å². The molecule has 0 aliphatic rings. The molecular weight excluding hydrogens is 284 g/mol. The summed E-state index contributed by atoms with van der Waals surface area (Å²) in [6.45, 7) is 0. The molecule has 3 aromatic rings. The Kier molecular flexibility index (Phi) is 3.22. The van der Waals surface area contributed by atoms with Crippen LogP contribution in [0, 0.1) is 0 Å². The van der Waals surface area contributed by atoms with E-state index in [0.29, 0.717) is 5.58 Å². The highest BCUT2D eigenvalue weighted by atomic mass is 32.2. The second-order valence-electron chi connectivity index (χ2n) is 3.78. The monoisotopic (exact) mass is 292 g/mol. The maximum Gasteiger partial charge on any atom is 0.371 e. The lowest BCUT2D eigenvalue weighted by Gasteiger charge is -1.98. The molecule has 96 valence electrons. The van der Waals surface area contributed by atoms with E-state index in [1.807, 2.05) is 12.1 Å². The molecule has 3 rings (SSSR count). The zero-order valence-corrected chi connectivity index (χ0v) is 11.2. The molecule has 7 heteroatoms. The van der Waals surface area contributed by atoms with E-state index in [2.05, 4.69) is 9.36 Å². The van der Waals surface area contributed by atoms with Crippen LogP contribution in [0.25, 0.3) is 11.0 Å². The van der Waals surface area contributed by atoms with Crippen LogP contribution in [-0.4, -0.2) is 20.4 Å². The molecule has 0 saturated carbocycles.